The van der Waals surface area contributed by atoms with Gasteiger partial charge in [-0.25, -0.2) is 0 Å². The Kier molecular flexibility index (Phi) is 4.24. The Morgan fingerprint density at radius 1 is 1.25 bits per heavy atom. The van der Waals surface area contributed by atoms with E-state index in [0.29, 0.717) is 6.04 Å². The van der Waals surface area contributed by atoms with Crippen LogP contribution in [0.25, 0.3) is 0 Å². The van der Waals surface area contributed by atoms with Crippen molar-refractivity contribution in [1.29, 1.82) is 0 Å². The van der Waals surface area contributed by atoms with Crippen LogP contribution >= 0.6 is 0 Å². The van der Waals surface area contributed by atoms with Crippen LogP contribution in [-0.2, 0) is 17.7 Å². The molecular weight excluding hydrogens is 250 g/mol. The molecule has 2 N–H and O–H groups in total. The van der Waals surface area contributed by atoms with E-state index in [9.17, 15) is 0 Å². The summed E-state index contributed by atoms with van der Waals surface area (Å²) in [7, 11) is 0. The minimum absolute atomic E-state index is 0.577. The van der Waals surface area contributed by atoms with Gasteiger partial charge < -0.3 is 10.5 Å². The number of fused-ring (bicyclic) bond motifs is 1. The second-order valence-corrected chi connectivity index (χ2v) is 5.96. The summed E-state index contributed by atoms with van der Waals surface area (Å²) >= 11 is 0. The van der Waals surface area contributed by atoms with Crippen LogP contribution in [0.3, 0.4) is 0 Å². The first-order valence-electron chi connectivity index (χ1n) is 7.64. The largest absolute Gasteiger partial charge is 0.398 e. The van der Waals surface area contributed by atoms with Gasteiger partial charge in [-0.15, -0.1) is 0 Å². The van der Waals surface area contributed by atoms with E-state index in [2.05, 4.69) is 28.9 Å². The van der Waals surface area contributed by atoms with Crippen LogP contribution in [-0.4, -0.2) is 55.2 Å². The molecule has 110 valence electrons. The first kappa shape index (κ1) is 13.9. The lowest BCUT2D eigenvalue weighted by molar-refractivity contribution is 0.0300. The molecule has 0 radical (unpaired) electrons. The lowest BCUT2D eigenvalue weighted by atomic mass is 9.93. The lowest BCUT2D eigenvalue weighted by Gasteiger charge is -2.37. The van der Waals surface area contributed by atoms with Gasteiger partial charge in [0.1, 0.15) is 0 Å². The Morgan fingerprint density at radius 3 is 2.85 bits per heavy atom. The molecule has 1 saturated heterocycles. The number of hydrogen-bond donors (Lipinski definition) is 1. The van der Waals surface area contributed by atoms with Crippen molar-refractivity contribution in [2.45, 2.75) is 25.9 Å². The van der Waals surface area contributed by atoms with E-state index in [0.717, 1.165) is 58.0 Å². The number of nitrogens with zero attached hydrogens (tertiary/aromatic N) is 2. The molecule has 0 aromatic heterocycles. The Bertz CT molecular complexity index is 457. The van der Waals surface area contributed by atoms with Gasteiger partial charge in [0.05, 0.1) is 13.2 Å². The first-order chi connectivity index (χ1) is 9.74. The zero-order valence-corrected chi connectivity index (χ0v) is 12.3. The molecule has 0 saturated carbocycles. The Hall–Kier alpha value is -1.10. The van der Waals surface area contributed by atoms with Crippen LogP contribution < -0.4 is 5.73 Å². The van der Waals surface area contributed by atoms with Crippen molar-refractivity contribution in [3.63, 3.8) is 0 Å². The lowest BCUT2D eigenvalue weighted by Crippen LogP contribution is -2.45. The first-order valence-corrected chi connectivity index (χ1v) is 7.64. The van der Waals surface area contributed by atoms with E-state index < -0.39 is 0 Å². The number of nitrogens with two attached hydrogens (primary N) is 1. The van der Waals surface area contributed by atoms with Gasteiger partial charge in [0.2, 0.25) is 0 Å². The molecule has 1 atom stereocenters. The molecule has 4 heteroatoms. The summed E-state index contributed by atoms with van der Waals surface area (Å²) in [4.78, 5) is 5.09. The van der Waals surface area contributed by atoms with E-state index in [4.69, 9.17) is 10.5 Å². The van der Waals surface area contributed by atoms with Gasteiger partial charge in [-0.05, 0) is 30.5 Å². The highest BCUT2D eigenvalue weighted by molar-refractivity contribution is 5.52. The highest BCUT2D eigenvalue weighted by atomic mass is 16.5. The smallest absolute Gasteiger partial charge is 0.0594 e. The number of rotatable bonds is 3. The van der Waals surface area contributed by atoms with E-state index in [1.54, 1.807) is 0 Å². The fraction of sp³-hybridized carbons (Fsp3) is 0.625. The molecule has 1 aromatic carbocycles. The van der Waals surface area contributed by atoms with Crippen molar-refractivity contribution in [3.05, 3.63) is 29.3 Å². The SMILES string of the molecule is CC1Cc2c(N)cccc2CN1CCN1CCOCC1. The standard InChI is InChI=1S/C16H25N3O/c1-13-11-15-14(3-2-4-16(15)17)12-19(13)6-5-18-7-9-20-10-8-18/h2-4,13H,5-12,17H2,1H3. The second kappa shape index (κ2) is 6.12. The van der Waals surface area contributed by atoms with Crippen molar-refractivity contribution < 1.29 is 4.74 Å². The molecule has 20 heavy (non-hydrogen) atoms. The molecule has 3 rings (SSSR count). The second-order valence-electron chi connectivity index (χ2n) is 5.96. The fourth-order valence-electron chi connectivity index (χ4n) is 3.24. The molecule has 1 aromatic rings. The average Bonchev–Trinajstić information content (AvgIpc) is 2.47. The maximum Gasteiger partial charge on any atom is 0.0594 e. The summed E-state index contributed by atoms with van der Waals surface area (Å²) in [5.41, 5.74) is 9.83. The van der Waals surface area contributed by atoms with Gasteiger partial charge >= 0.3 is 0 Å². The molecule has 2 aliphatic rings. The summed E-state index contributed by atoms with van der Waals surface area (Å²) in [6.45, 7) is 9.54. The maximum absolute atomic E-state index is 6.10. The van der Waals surface area contributed by atoms with Gasteiger partial charge in [-0.1, -0.05) is 12.1 Å². The molecule has 1 fully saturated rings. The van der Waals surface area contributed by atoms with Gasteiger partial charge in [0.25, 0.3) is 0 Å². The van der Waals surface area contributed by atoms with Crippen LogP contribution in [0.5, 0.6) is 0 Å². The van der Waals surface area contributed by atoms with E-state index in [1.807, 2.05) is 6.07 Å². The average molecular weight is 275 g/mol. The third-order valence-electron chi connectivity index (χ3n) is 4.61. The molecule has 2 heterocycles. The molecule has 0 bridgehead atoms. The van der Waals surface area contributed by atoms with Crippen LogP contribution in [0, 0.1) is 0 Å². The van der Waals surface area contributed by atoms with Gasteiger partial charge in [-0.2, -0.15) is 0 Å². The summed E-state index contributed by atoms with van der Waals surface area (Å²) in [5, 5.41) is 0. The summed E-state index contributed by atoms with van der Waals surface area (Å²) in [5.74, 6) is 0. The third kappa shape index (κ3) is 2.97. The zero-order valence-electron chi connectivity index (χ0n) is 12.3. The quantitative estimate of drug-likeness (QED) is 0.846. The van der Waals surface area contributed by atoms with Gasteiger partial charge in [0, 0.05) is 44.5 Å². The minimum Gasteiger partial charge on any atom is -0.398 e. The molecule has 0 amide bonds. The van der Waals surface area contributed by atoms with E-state index in [1.165, 1.54) is 11.1 Å². The van der Waals surface area contributed by atoms with Crippen molar-refractivity contribution in [3.8, 4) is 0 Å². The number of hydrogen-bond acceptors (Lipinski definition) is 4. The zero-order chi connectivity index (χ0) is 13.9. The van der Waals surface area contributed by atoms with Crippen LogP contribution in [0.1, 0.15) is 18.1 Å². The normalized spacial score (nSPS) is 24.6. The molecule has 0 spiro atoms. The van der Waals surface area contributed by atoms with Crippen LogP contribution in [0.15, 0.2) is 18.2 Å². The van der Waals surface area contributed by atoms with E-state index >= 15 is 0 Å². The molecule has 2 aliphatic heterocycles. The van der Waals surface area contributed by atoms with Gasteiger partial charge in [-0.3, -0.25) is 9.80 Å². The highest BCUT2D eigenvalue weighted by Gasteiger charge is 2.24. The monoisotopic (exact) mass is 275 g/mol. The summed E-state index contributed by atoms with van der Waals surface area (Å²) < 4.78 is 5.40. The highest BCUT2D eigenvalue weighted by Crippen LogP contribution is 2.27. The maximum atomic E-state index is 6.10. The van der Waals surface area contributed by atoms with Crippen LogP contribution in [0.4, 0.5) is 5.69 Å². The van der Waals surface area contributed by atoms with Crippen molar-refractivity contribution in [1.82, 2.24) is 9.80 Å². The number of morpholine rings is 1. The number of ether oxygens (including phenoxy) is 1. The molecule has 0 aliphatic carbocycles. The Labute approximate surface area is 121 Å². The number of nitrogen functional groups attached to an aromatic ring is 1. The predicted octanol–water partition coefficient (Wildman–Crippen LogP) is 1.35. The summed E-state index contributed by atoms with van der Waals surface area (Å²) in [6.07, 6.45) is 1.07. The minimum atomic E-state index is 0.577. The van der Waals surface area contributed by atoms with E-state index in [-0.39, 0.29) is 0 Å². The molecule has 4 nitrogen and oxygen atoms in total. The number of benzene rings is 1. The van der Waals surface area contributed by atoms with Gasteiger partial charge in [0.15, 0.2) is 0 Å². The Morgan fingerprint density at radius 2 is 2.05 bits per heavy atom. The van der Waals surface area contributed by atoms with Crippen molar-refractivity contribution >= 4 is 5.69 Å². The topological polar surface area (TPSA) is 41.7 Å². The number of anilines is 1. The fourth-order valence-corrected chi connectivity index (χ4v) is 3.24. The summed E-state index contributed by atoms with van der Waals surface area (Å²) in [6, 6.07) is 6.90. The predicted molar refractivity (Wildman–Crippen MR) is 81.7 cm³/mol. The molecular formula is C16H25N3O. The molecule has 1 unspecified atom stereocenters. The third-order valence-corrected chi connectivity index (χ3v) is 4.61. The Balaban J connectivity index is 1.60. The van der Waals surface area contributed by atoms with Crippen molar-refractivity contribution in [2.75, 3.05) is 45.1 Å². The van der Waals surface area contributed by atoms with Crippen molar-refractivity contribution in [2.24, 2.45) is 0 Å². The van der Waals surface area contributed by atoms with Crippen LogP contribution in [0.2, 0.25) is 0 Å².